The summed E-state index contributed by atoms with van der Waals surface area (Å²) in [5.41, 5.74) is 13.7. The molecule has 1 rings (SSSR count). The number of aryl methyl sites for hydroxylation is 1. The van der Waals surface area contributed by atoms with Crippen LogP contribution in [-0.4, -0.2) is 19.0 Å². The Balaban J connectivity index is 2.96. The maximum atomic E-state index is 10.9. The molecule has 1 aromatic carbocycles. The quantitative estimate of drug-likeness (QED) is 0.720. The lowest BCUT2D eigenvalue weighted by atomic mass is 10.2. The molecule has 0 saturated heterocycles. The number of benzene rings is 1. The molecule has 0 saturated carbocycles. The molecule has 4 nitrogen and oxygen atoms in total. The second kappa shape index (κ2) is 4.68. The van der Waals surface area contributed by atoms with Gasteiger partial charge in [0.15, 0.2) is 0 Å². The lowest BCUT2D eigenvalue weighted by Gasteiger charge is -2.23. The van der Waals surface area contributed by atoms with Crippen LogP contribution in [0.2, 0.25) is 0 Å². The summed E-state index contributed by atoms with van der Waals surface area (Å²) in [5.74, 6) is -0.350. The number of nitrogen functional groups attached to an aromatic ring is 1. The third-order valence-electron chi connectivity index (χ3n) is 2.25. The Morgan fingerprint density at radius 2 is 2.13 bits per heavy atom. The van der Waals surface area contributed by atoms with Crippen molar-refractivity contribution in [2.75, 3.05) is 23.7 Å². The van der Waals surface area contributed by atoms with Crippen molar-refractivity contribution in [2.24, 2.45) is 5.73 Å². The van der Waals surface area contributed by atoms with Crippen LogP contribution in [0.1, 0.15) is 12.5 Å². The third kappa shape index (κ3) is 2.87. The Morgan fingerprint density at radius 3 is 2.60 bits per heavy atom. The molecule has 0 aliphatic heterocycles. The summed E-state index contributed by atoms with van der Waals surface area (Å²) in [7, 11) is 0. The molecule has 0 atom stereocenters. The number of hydrogen-bond donors (Lipinski definition) is 2. The first kappa shape index (κ1) is 11.4. The monoisotopic (exact) mass is 207 g/mol. The van der Waals surface area contributed by atoms with Gasteiger partial charge in [0, 0.05) is 6.54 Å². The molecule has 15 heavy (non-hydrogen) atoms. The Bertz CT molecular complexity index is 363. The number of primary amides is 1. The van der Waals surface area contributed by atoms with Crippen LogP contribution in [0.4, 0.5) is 11.4 Å². The summed E-state index contributed by atoms with van der Waals surface area (Å²) in [4.78, 5) is 12.7. The van der Waals surface area contributed by atoms with Crippen LogP contribution in [0.3, 0.4) is 0 Å². The average molecular weight is 207 g/mol. The topological polar surface area (TPSA) is 72.3 Å². The minimum atomic E-state index is -0.350. The first-order valence-corrected chi connectivity index (χ1v) is 4.94. The van der Waals surface area contributed by atoms with E-state index in [9.17, 15) is 4.79 Å². The lowest BCUT2D eigenvalue weighted by molar-refractivity contribution is -0.116. The molecule has 4 N–H and O–H groups in total. The Hall–Kier alpha value is -1.71. The van der Waals surface area contributed by atoms with Crippen molar-refractivity contribution in [3.8, 4) is 0 Å². The van der Waals surface area contributed by atoms with Gasteiger partial charge in [-0.1, -0.05) is 6.07 Å². The number of rotatable bonds is 4. The number of amides is 1. The molecule has 4 heteroatoms. The van der Waals surface area contributed by atoms with E-state index in [1.807, 2.05) is 36.9 Å². The highest BCUT2D eigenvalue weighted by Crippen LogP contribution is 2.23. The zero-order valence-electron chi connectivity index (χ0n) is 9.16. The molecular weight excluding hydrogens is 190 g/mol. The van der Waals surface area contributed by atoms with Crippen LogP contribution in [0.25, 0.3) is 0 Å². The van der Waals surface area contributed by atoms with Crippen LogP contribution in [0.15, 0.2) is 18.2 Å². The third-order valence-corrected chi connectivity index (χ3v) is 2.25. The summed E-state index contributed by atoms with van der Waals surface area (Å²) >= 11 is 0. The van der Waals surface area contributed by atoms with Gasteiger partial charge in [0.2, 0.25) is 5.91 Å². The van der Waals surface area contributed by atoms with Crippen molar-refractivity contribution in [2.45, 2.75) is 13.8 Å². The van der Waals surface area contributed by atoms with E-state index in [2.05, 4.69) is 0 Å². The second-order valence-corrected chi connectivity index (χ2v) is 3.54. The molecule has 0 aliphatic carbocycles. The van der Waals surface area contributed by atoms with Crippen LogP contribution in [-0.2, 0) is 4.79 Å². The minimum Gasteiger partial charge on any atom is -0.397 e. The molecule has 0 spiro atoms. The van der Waals surface area contributed by atoms with Crippen molar-refractivity contribution in [1.29, 1.82) is 0 Å². The summed E-state index contributed by atoms with van der Waals surface area (Å²) in [6.07, 6.45) is 0. The molecule has 82 valence electrons. The van der Waals surface area contributed by atoms with Crippen molar-refractivity contribution in [3.05, 3.63) is 23.8 Å². The van der Waals surface area contributed by atoms with Gasteiger partial charge in [0.25, 0.3) is 0 Å². The van der Waals surface area contributed by atoms with Crippen LogP contribution in [0.5, 0.6) is 0 Å². The molecule has 0 radical (unpaired) electrons. The van der Waals surface area contributed by atoms with Crippen molar-refractivity contribution < 1.29 is 4.79 Å². The molecule has 1 amide bonds. The molecule has 0 aliphatic rings. The van der Waals surface area contributed by atoms with E-state index in [1.165, 1.54) is 0 Å². The van der Waals surface area contributed by atoms with E-state index in [4.69, 9.17) is 11.5 Å². The van der Waals surface area contributed by atoms with E-state index in [1.54, 1.807) is 0 Å². The van der Waals surface area contributed by atoms with Crippen LogP contribution < -0.4 is 16.4 Å². The number of nitrogens with zero attached hydrogens (tertiary/aromatic N) is 1. The molecule has 1 aromatic rings. The van der Waals surface area contributed by atoms with Crippen molar-refractivity contribution >= 4 is 17.3 Å². The highest BCUT2D eigenvalue weighted by molar-refractivity contribution is 5.81. The fraction of sp³-hybridized carbons (Fsp3) is 0.364. The van der Waals surface area contributed by atoms with Gasteiger partial charge in [-0.2, -0.15) is 0 Å². The van der Waals surface area contributed by atoms with Gasteiger partial charge in [-0.15, -0.1) is 0 Å². The largest absolute Gasteiger partial charge is 0.397 e. The highest BCUT2D eigenvalue weighted by atomic mass is 16.1. The smallest absolute Gasteiger partial charge is 0.236 e. The second-order valence-electron chi connectivity index (χ2n) is 3.54. The normalized spacial score (nSPS) is 10.0. The van der Waals surface area contributed by atoms with E-state index in [0.717, 1.165) is 11.3 Å². The predicted octanol–water partition coefficient (Wildman–Crippen LogP) is 0.889. The van der Waals surface area contributed by atoms with Crippen molar-refractivity contribution in [3.63, 3.8) is 0 Å². The number of carbonyl (C=O) groups excluding carboxylic acids is 1. The van der Waals surface area contributed by atoms with E-state index >= 15 is 0 Å². The Kier molecular flexibility index (Phi) is 3.55. The number of carbonyl (C=O) groups is 1. The zero-order valence-corrected chi connectivity index (χ0v) is 9.16. The minimum absolute atomic E-state index is 0.198. The number of hydrogen-bond acceptors (Lipinski definition) is 3. The fourth-order valence-electron chi connectivity index (χ4n) is 1.52. The predicted molar refractivity (Wildman–Crippen MR) is 62.7 cm³/mol. The van der Waals surface area contributed by atoms with Gasteiger partial charge < -0.3 is 16.4 Å². The molecular formula is C11H17N3O. The van der Waals surface area contributed by atoms with E-state index < -0.39 is 0 Å². The van der Waals surface area contributed by atoms with Crippen LogP contribution >= 0.6 is 0 Å². The summed E-state index contributed by atoms with van der Waals surface area (Å²) in [5, 5.41) is 0. The maximum Gasteiger partial charge on any atom is 0.236 e. The summed E-state index contributed by atoms with van der Waals surface area (Å²) < 4.78 is 0. The molecule has 0 unspecified atom stereocenters. The highest BCUT2D eigenvalue weighted by Gasteiger charge is 2.09. The van der Waals surface area contributed by atoms with Crippen molar-refractivity contribution in [1.82, 2.24) is 0 Å². The van der Waals surface area contributed by atoms with E-state index in [-0.39, 0.29) is 12.5 Å². The number of likely N-dealkylation sites (N-methyl/N-ethyl adjacent to an activating group) is 1. The molecule has 0 bridgehead atoms. The summed E-state index contributed by atoms with van der Waals surface area (Å²) in [6, 6.07) is 5.77. The maximum absolute atomic E-state index is 10.9. The molecule has 0 heterocycles. The first-order chi connectivity index (χ1) is 7.04. The van der Waals surface area contributed by atoms with Gasteiger partial charge in [-0.25, -0.2) is 0 Å². The van der Waals surface area contributed by atoms with Crippen LogP contribution in [0, 0.1) is 6.92 Å². The first-order valence-electron chi connectivity index (χ1n) is 4.94. The van der Waals surface area contributed by atoms with Gasteiger partial charge in [0.1, 0.15) is 0 Å². The SMILES string of the molecule is CCN(CC(N)=O)c1ccc(C)cc1N. The number of anilines is 2. The van der Waals surface area contributed by atoms with E-state index in [0.29, 0.717) is 12.2 Å². The Labute approximate surface area is 89.9 Å². The molecule has 0 fully saturated rings. The molecule has 0 aromatic heterocycles. The van der Waals surface area contributed by atoms with Gasteiger partial charge in [-0.05, 0) is 31.5 Å². The van der Waals surface area contributed by atoms with Gasteiger partial charge in [-0.3, -0.25) is 4.79 Å². The summed E-state index contributed by atoms with van der Waals surface area (Å²) in [6.45, 7) is 4.84. The Morgan fingerprint density at radius 1 is 1.47 bits per heavy atom. The zero-order chi connectivity index (χ0) is 11.4. The van der Waals surface area contributed by atoms with Gasteiger partial charge >= 0.3 is 0 Å². The van der Waals surface area contributed by atoms with Gasteiger partial charge in [0.05, 0.1) is 17.9 Å². The lowest BCUT2D eigenvalue weighted by Crippen LogP contribution is -2.34. The average Bonchev–Trinajstić information content (AvgIpc) is 2.14. The number of nitrogens with two attached hydrogens (primary N) is 2. The standard InChI is InChI=1S/C11H17N3O/c1-3-14(7-11(13)15)10-5-4-8(2)6-9(10)12/h4-6H,3,7,12H2,1-2H3,(H2,13,15). The fourth-order valence-corrected chi connectivity index (χ4v) is 1.52.